The number of nitrogens with one attached hydrogen (secondary N) is 1. The molecule has 1 aromatic rings. The molecule has 1 heterocycles. The molecule has 2 nitrogen and oxygen atoms in total. The minimum atomic E-state index is -0.0387. The van der Waals surface area contributed by atoms with Crippen molar-refractivity contribution in [2.75, 3.05) is 6.54 Å². The summed E-state index contributed by atoms with van der Waals surface area (Å²) in [6, 6.07) is 1.80. The SMILES string of the molecule is C=CCCNC(=O)c1cc(Br)c(Br)s1. The van der Waals surface area contributed by atoms with E-state index in [4.69, 9.17) is 0 Å². The van der Waals surface area contributed by atoms with Gasteiger partial charge in [-0.15, -0.1) is 17.9 Å². The molecule has 0 radical (unpaired) electrons. The fraction of sp³-hybridized carbons (Fsp3) is 0.222. The maximum absolute atomic E-state index is 11.5. The van der Waals surface area contributed by atoms with E-state index in [0.717, 1.165) is 14.7 Å². The smallest absolute Gasteiger partial charge is 0.261 e. The van der Waals surface area contributed by atoms with Crippen molar-refractivity contribution >= 4 is 49.1 Å². The first kappa shape index (κ1) is 11.9. The standard InChI is InChI=1S/C9H9Br2NOS/c1-2-3-4-12-9(13)7-5-6(10)8(11)14-7/h2,5H,1,3-4H2,(H,12,13). The lowest BCUT2D eigenvalue weighted by Gasteiger charge is -1.99. The van der Waals surface area contributed by atoms with Gasteiger partial charge in [0.1, 0.15) is 0 Å². The van der Waals surface area contributed by atoms with Gasteiger partial charge in [0.15, 0.2) is 0 Å². The van der Waals surface area contributed by atoms with E-state index >= 15 is 0 Å². The number of carbonyl (C=O) groups excluding carboxylic acids is 1. The average molecular weight is 339 g/mol. The number of halogens is 2. The molecule has 0 aliphatic carbocycles. The van der Waals surface area contributed by atoms with Crippen LogP contribution in [0.25, 0.3) is 0 Å². The van der Waals surface area contributed by atoms with Gasteiger partial charge in [0.05, 0.1) is 8.66 Å². The van der Waals surface area contributed by atoms with Crippen LogP contribution in [0.2, 0.25) is 0 Å². The maximum atomic E-state index is 11.5. The highest BCUT2D eigenvalue weighted by atomic mass is 79.9. The van der Waals surface area contributed by atoms with Gasteiger partial charge in [-0.2, -0.15) is 0 Å². The number of thiophene rings is 1. The lowest BCUT2D eigenvalue weighted by molar-refractivity contribution is 0.0958. The molecule has 1 N–H and O–H groups in total. The van der Waals surface area contributed by atoms with Gasteiger partial charge in [0, 0.05) is 11.0 Å². The van der Waals surface area contributed by atoms with Crippen molar-refractivity contribution in [2.45, 2.75) is 6.42 Å². The van der Waals surface area contributed by atoms with Crippen molar-refractivity contribution in [1.29, 1.82) is 0 Å². The summed E-state index contributed by atoms with van der Waals surface area (Å²) in [5.41, 5.74) is 0. The van der Waals surface area contributed by atoms with Crippen LogP contribution in [0, 0.1) is 0 Å². The Morgan fingerprint density at radius 1 is 1.64 bits per heavy atom. The summed E-state index contributed by atoms with van der Waals surface area (Å²) in [4.78, 5) is 12.2. The predicted molar refractivity (Wildman–Crippen MR) is 66.9 cm³/mol. The summed E-state index contributed by atoms with van der Waals surface area (Å²) in [6.45, 7) is 4.22. The van der Waals surface area contributed by atoms with Crippen LogP contribution in [-0.2, 0) is 0 Å². The molecule has 0 saturated carbocycles. The molecule has 0 fully saturated rings. The Balaban J connectivity index is 2.56. The Morgan fingerprint density at radius 2 is 2.36 bits per heavy atom. The van der Waals surface area contributed by atoms with Gasteiger partial charge < -0.3 is 5.32 Å². The van der Waals surface area contributed by atoms with Crippen molar-refractivity contribution in [2.24, 2.45) is 0 Å². The minimum Gasteiger partial charge on any atom is -0.351 e. The monoisotopic (exact) mass is 337 g/mol. The molecule has 1 amide bonds. The second-order valence-corrected chi connectivity index (χ2v) is 5.79. The van der Waals surface area contributed by atoms with Gasteiger partial charge in [0.25, 0.3) is 5.91 Å². The van der Waals surface area contributed by atoms with Crippen molar-refractivity contribution in [1.82, 2.24) is 5.32 Å². The second kappa shape index (κ2) is 5.68. The number of carbonyl (C=O) groups is 1. The molecule has 0 aromatic carbocycles. The zero-order chi connectivity index (χ0) is 10.6. The van der Waals surface area contributed by atoms with Crippen LogP contribution in [0.15, 0.2) is 27.0 Å². The summed E-state index contributed by atoms with van der Waals surface area (Å²) >= 11 is 8.09. The lowest BCUT2D eigenvalue weighted by atomic mass is 10.4. The maximum Gasteiger partial charge on any atom is 0.261 e. The van der Waals surface area contributed by atoms with Gasteiger partial charge in [-0.1, -0.05) is 6.08 Å². The molecular formula is C9H9Br2NOS. The van der Waals surface area contributed by atoms with Crippen LogP contribution < -0.4 is 5.32 Å². The number of hydrogen-bond acceptors (Lipinski definition) is 2. The molecule has 0 bridgehead atoms. The van der Waals surface area contributed by atoms with Crippen molar-refractivity contribution < 1.29 is 4.79 Å². The molecule has 0 atom stereocenters. The predicted octanol–water partition coefficient (Wildman–Crippen LogP) is 3.58. The van der Waals surface area contributed by atoms with Gasteiger partial charge in [-0.25, -0.2) is 0 Å². The van der Waals surface area contributed by atoms with E-state index in [9.17, 15) is 4.79 Å². The number of hydrogen-bond donors (Lipinski definition) is 1. The molecule has 14 heavy (non-hydrogen) atoms. The van der Waals surface area contributed by atoms with Crippen LogP contribution >= 0.6 is 43.2 Å². The summed E-state index contributed by atoms with van der Waals surface area (Å²) in [5, 5.41) is 2.80. The molecule has 5 heteroatoms. The summed E-state index contributed by atoms with van der Waals surface area (Å²) < 4.78 is 1.85. The molecule has 1 aromatic heterocycles. The number of rotatable bonds is 4. The second-order valence-electron chi connectivity index (χ2n) is 2.57. The van der Waals surface area contributed by atoms with E-state index in [1.807, 2.05) is 0 Å². The van der Waals surface area contributed by atoms with Gasteiger partial charge in [0.2, 0.25) is 0 Å². The highest BCUT2D eigenvalue weighted by molar-refractivity contribution is 9.13. The van der Waals surface area contributed by atoms with Crippen LogP contribution in [0.3, 0.4) is 0 Å². The molecule has 0 saturated heterocycles. The lowest BCUT2D eigenvalue weighted by Crippen LogP contribution is -2.23. The summed E-state index contributed by atoms with van der Waals surface area (Å²) in [7, 11) is 0. The topological polar surface area (TPSA) is 29.1 Å². The summed E-state index contributed by atoms with van der Waals surface area (Å²) in [5.74, 6) is -0.0387. The molecular weight excluding hydrogens is 330 g/mol. The molecule has 76 valence electrons. The van der Waals surface area contributed by atoms with E-state index in [1.165, 1.54) is 11.3 Å². The van der Waals surface area contributed by atoms with Crippen molar-refractivity contribution in [3.63, 3.8) is 0 Å². The fourth-order valence-electron chi connectivity index (χ4n) is 0.833. The highest BCUT2D eigenvalue weighted by Gasteiger charge is 2.10. The van der Waals surface area contributed by atoms with E-state index in [1.54, 1.807) is 12.1 Å². The Morgan fingerprint density at radius 3 is 2.86 bits per heavy atom. The third-order valence-electron chi connectivity index (χ3n) is 1.50. The van der Waals surface area contributed by atoms with E-state index in [0.29, 0.717) is 11.4 Å². The van der Waals surface area contributed by atoms with E-state index in [2.05, 4.69) is 43.8 Å². The molecule has 0 aliphatic heterocycles. The zero-order valence-electron chi connectivity index (χ0n) is 7.35. The zero-order valence-corrected chi connectivity index (χ0v) is 11.3. The molecule has 0 spiro atoms. The van der Waals surface area contributed by atoms with Gasteiger partial charge in [-0.3, -0.25) is 4.79 Å². The first-order valence-corrected chi connectivity index (χ1v) is 6.39. The first-order valence-electron chi connectivity index (χ1n) is 3.99. The van der Waals surface area contributed by atoms with E-state index < -0.39 is 0 Å². The average Bonchev–Trinajstić information content (AvgIpc) is 2.47. The summed E-state index contributed by atoms with van der Waals surface area (Å²) in [6.07, 6.45) is 2.57. The normalized spacial score (nSPS) is 9.86. The molecule has 0 unspecified atom stereocenters. The Hall–Kier alpha value is -0.130. The largest absolute Gasteiger partial charge is 0.351 e. The van der Waals surface area contributed by atoms with Crippen LogP contribution in [-0.4, -0.2) is 12.5 Å². The highest BCUT2D eigenvalue weighted by Crippen LogP contribution is 2.32. The quantitative estimate of drug-likeness (QED) is 0.659. The van der Waals surface area contributed by atoms with Crippen LogP contribution in [0.1, 0.15) is 16.1 Å². The van der Waals surface area contributed by atoms with Gasteiger partial charge >= 0.3 is 0 Å². The van der Waals surface area contributed by atoms with Crippen molar-refractivity contribution in [3.05, 3.63) is 31.9 Å². The van der Waals surface area contributed by atoms with Crippen molar-refractivity contribution in [3.8, 4) is 0 Å². The third kappa shape index (κ3) is 3.22. The Kier molecular flexibility index (Phi) is 4.84. The van der Waals surface area contributed by atoms with Gasteiger partial charge in [-0.05, 0) is 44.3 Å². The van der Waals surface area contributed by atoms with Crippen LogP contribution in [0.4, 0.5) is 0 Å². The molecule has 1 rings (SSSR count). The Labute approximate surface area is 104 Å². The number of amides is 1. The fourth-order valence-corrected chi connectivity index (χ4v) is 2.79. The van der Waals surface area contributed by atoms with E-state index in [-0.39, 0.29) is 5.91 Å². The molecule has 0 aliphatic rings. The third-order valence-corrected chi connectivity index (χ3v) is 4.76. The Bertz CT molecular complexity index is 329. The first-order chi connectivity index (χ1) is 6.65. The van der Waals surface area contributed by atoms with Crippen LogP contribution in [0.5, 0.6) is 0 Å². The minimum absolute atomic E-state index is 0.0387.